The number of alkyl halides is 9. The summed E-state index contributed by atoms with van der Waals surface area (Å²) in [6.07, 6.45) is -6.27. The van der Waals surface area contributed by atoms with Crippen molar-refractivity contribution in [3.8, 4) is 0 Å². The fourth-order valence-corrected chi connectivity index (χ4v) is 1.18. The smallest absolute Gasteiger partial charge is 0.198 e. The molecule has 0 rings (SSSR count). The summed E-state index contributed by atoms with van der Waals surface area (Å²) in [5.41, 5.74) is 0. The molecule has 0 aliphatic carbocycles. The fraction of sp³-hybridized carbons (Fsp3) is 1.00. The van der Waals surface area contributed by atoms with Crippen molar-refractivity contribution in [3.05, 3.63) is 0 Å². The van der Waals surface area contributed by atoms with Gasteiger partial charge in [0.1, 0.15) is 0 Å². The van der Waals surface area contributed by atoms with E-state index in [1.54, 1.807) is 0 Å². The molecule has 0 radical (unpaired) electrons. The van der Waals surface area contributed by atoms with Gasteiger partial charge in [-0.15, -0.1) is 0 Å². The van der Waals surface area contributed by atoms with E-state index in [9.17, 15) is 30.7 Å². The van der Waals surface area contributed by atoms with E-state index in [0.29, 0.717) is 0 Å². The number of hydrogen-bond donors (Lipinski definition) is 0. The van der Waals surface area contributed by atoms with Crippen molar-refractivity contribution >= 4 is 31.9 Å². The lowest BCUT2D eigenvalue weighted by Gasteiger charge is -2.30. The molecule has 0 aromatic heterocycles. The predicted molar refractivity (Wildman–Crippen MR) is 42.5 cm³/mol. The van der Waals surface area contributed by atoms with Gasteiger partial charge in [-0.1, -0.05) is 31.9 Å². The van der Waals surface area contributed by atoms with Gasteiger partial charge in [0.25, 0.3) is 0 Å². The zero-order valence-corrected chi connectivity index (χ0v) is 9.36. The molecule has 0 N–H and O–H groups in total. The molecule has 0 aromatic rings. The first-order valence-electron chi connectivity index (χ1n) is 3.01. The second-order valence-corrected chi connectivity index (χ2v) is 4.07. The van der Waals surface area contributed by atoms with Crippen LogP contribution in [0.2, 0.25) is 0 Å². The largest absolute Gasteiger partial charge is 0.459 e. The van der Waals surface area contributed by atoms with E-state index >= 15 is 0 Å². The minimum absolute atomic E-state index is 0.730. The molecule has 0 aliphatic heterocycles. The Morgan fingerprint density at radius 1 is 0.929 bits per heavy atom. The maximum Gasteiger partial charge on any atom is 0.459 e. The molecular weight excluding hydrogens is 353 g/mol. The molecule has 0 saturated heterocycles. The minimum atomic E-state index is -6.27. The molecule has 0 aliphatic rings. The zero-order chi connectivity index (χ0) is 11.8. The van der Waals surface area contributed by atoms with Gasteiger partial charge in [0.2, 0.25) is 0 Å². The van der Waals surface area contributed by atoms with Gasteiger partial charge in [-0.25, -0.2) is 0 Å². The molecule has 0 amide bonds. The zero-order valence-electron chi connectivity index (χ0n) is 6.19. The normalized spacial score (nSPS) is 16.9. The van der Waals surface area contributed by atoms with E-state index in [0.717, 1.165) is 0 Å². The van der Waals surface area contributed by atoms with Gasteiger partial charge < -0.3 is 0 Å². The maximum absolute atomic E-state index is 12.5. The van der Waals surface area contributed by atoms with Crippen molar-refractivity contribution in [1.82, 2.24) is 0 Å². The lowest BCUT2D eigenvalue weighted by Crippen LogP contribution is -2.56. The predicted octanol–water partition coefficient (Wildman–Crippen LogP) is 3.98. The summed E-state index contributed by atoms with van der Waals surface area (Å²) in [6.45, 7) is 0. The van der Waals surface area contributed by atoms with Crippen molar-refractivity contribution in [3.63, 3.8) is 0 Å². The molecule has 1 atom stereocenters. The molecule has 0 aromatic carbocycles. The van der Waals surface area contributed by atoms with Gasteiger partial charge in [0.15, 0.2) is 0 Å². The van der Waals surface area contributed by atoms with Crippen LogP contribution in [-0.2, 0) is 0 Å². The van der Waals surface area contributed by atoms with Gasteiger partial charge in [-0.05, 0) is 0 Å². The first-order chi connectivity index (χ1) is 5.98. The Hall–Kier alpha value is 0.470. The molecule has 0 bridgehead atoms. The van der Waals surface area contributed by atoms with E-state index in [1.807, 2.05) is 15.9 Å². The monoisotopic (exact) mass is 354 g/mol. The summed E-state index contributed by atoms with van der Waals surface area (Å²) < 4.78 is 84.2. The summed E-state index contributed by atoms with van der Waals surface area (Å²) in [7, 11) is 0. The van der Waals surface area contributed by atoms with Gasteiger partial charge in [-0.2, -0.15) is 30.7 Å². The van der Waals surface area contributed by atoms with Crippen molar-refractivity contribution in [2.24, 2.45) is 0 Å². The van der Waals surface area contributed by atoms with Crippen LogP contribution in [0, 0.1) is 0 Å². The Labute approximate surface area is 91.1 Å². The average molecular weight is 356 g/mol. The van der Waals surface area contributed by atoms with Crippen LogP contribution in [0.4, 0.5) is 30.7 Å². The Kier molecular flexibility index (Phi) is 4.29. The third-order valence-electron chi connectivity index (χ3n) is 1.30. The Balaban J connectivity index is 5.07. The number of rotatable bonds is 3. The highest BCUT2D eigenvalue weighted by Crippen LogP contribution is 2.49. The van der Waals surface area contributed by atoms with E-state index in [2.05, 4.69) is 15.9 Å². The molecule has 9 heteroatoms. The molecule has 0 spiro atoms. The Morgan fingerprint density at radius 2 is 1.29 bits per heavy atom. The second-order valence-electron chi connectivity index (χ2n) is 2.32. The third kappa shape index (κ3) is 2.34. The van der Waals surface area contributed by atoms with Crippen LogP contribution in [0.5, 0.6) is 0 Å². The van der Waals surface area contributed by atoms with Gasteiger partial charge in [-0.3, -0.25) is 0 Å². The molecule has 0 heterocycles. The standard InChI is InChI=1S/C5H3Br2F7/c6-1-2(7)3(8,9)4(10,11)5(12,13)14/h2H,1H2. The topological polar surface area (TPSA) is 0 Å². The highest BCUT2D eigenvalue weighted by molar-refractivity contribution is 9.12. The van der Waals surface area contributed by atoms with Crippen LogP contribution < -0.4 is 0 Å². The van der Waals surface area contributed by atoms with Gasteiger partial charge in [0, 0.05) is 5.33 Å². The summed E-state index contributed by atoms with van der Waals surface area (Å²) in [6, 6.07) is 0. The maximum atomic E-state index is 12.5. The number of halogens is 9. The molecule has 86 valence electrons. The Morgan fingerprint density at radius 3 is 1.50 bits per heavy atom. The molecule has 0 saturated carbocycles. The van der Waals surface area contributed by atoms with E-state index in [1.165, 1.54) is 0 Å². The van der Waals surface area contributed by atoms with Crippen LogP contribution >= 0.6 is 31.9 Å². The van der Waals surface area contributed by atoms with E-state index in [-0.39, 0.29) is 0 Å². The highest BCUT2D eigenvalue weighted by Gasteiger charge is 2.74. The lowest BCUT2D eigenvalue weighted by molar-refractivity contribution is -0.352. The first kappa shape index (κ1) is 14.5. The molecule has 14 heavy (non-hydrogen) atoms. The molecule has 1 unspecified atom stereocenters. The van der Waals surface area contributed by atoms with E-state index in [4.69, 9.17) is 0 Å². The van der Waals surface area contributed by atoms with Crippen molar-refractivity contribution in [2.75, 3.05) is 5.33 Å². The van der Waals surface area contributed by atoms with Crippen molar-refractivity contribution < 1.29 is 30.7 Å². The lowest BCUT2D eigenvalue weighted by atomic mass is 10.1. The van der Waals surface area contributed by atoms with Crippen LogP contribution in [0.25, 0.3) is 0 Å². The minimum Gasteiger partial charge on any atom is -0.198 e. The third-order valence-corrected chi connectivity index (χ3v) is 3.72. The van der Waals surface area contributed by atoms with Crippen molar-refractivity contribution in [2.45, 2.75) is 22.8 Å². The average Bonchev–Trinajstić information content (AvgIpc) is 2.00. The summed E-state index contributed by atoms with van der Waals surface area (Å²) in [5.74, 6) is -11.3. The van der Waals surface area contributed by atoms with Gasteiger partial charge >= 0.3 is 18.0 Å². The van der Waals surface area contributed by atoms with Crippen LogP contribution in [0.1, 0.15) is 0 Å². The van der Waals surface area contributed by atoms with Gasteiger partial charge in [0.05, 0.1) is 4.83 Å². The first-order valence-corrected chi connectivity index (χ1v) is 5.04. The fourth-order valence-electron chi connectivity index (χ4n) is 0.483. The van der Waals surface area contributed by atoms with Crippen LogP contribution in [0.15, 0.2) is 0 Å². The molecule has 0 nitrogen and oxygen atoms in total. The Bertz CT molecular complexity index is 199. The molecular formula is C5H3Br2F7. The van der Waals surface area contributed by atoms with Crippen LogP contribution in [-0.4, -0.2) is 28.2 Å². The van der Waals surface area contributed by atoms with E-state index < -0.39 is 28.2 Å². The summed E-state index contributed by atoms with van der Waals surface area (Å²) >= 11 is 4.43. The SMILES string of the molecule is FC(F)(F)C(F)(F)C(F)(F)C(Br)CBr. The highest BCUT2D eigenvalue weighted by atomic mass is 79.9. The van der Waals surface area contributed by atoms with Crippen LogP contribution in [0.3, 0.4) is 0 Å². The number of hydrogen-bond acceptors (Lipinski definition) is 0. The van der Waals surface area contributed by atoms with Crippen molar-refractivity contribution in [1.29, 1.82) is 0 Å². The summed E-state index contributed by atoms with van der Waals surface area (Å²) in [5, 5.41) is -0.730. The summed E-state index contributed by atoms with van der Waals surface area (Å²) in [4.78, 5) is -2.30. The quantitative estimate of drug-likeness (QED) is 0.530. The second kappa shape index (κ2) is 4.15. The molecule has 0 fully saturated rings.